The van der Waals surface area contributed by atoms with Crippen LogP contribution in [0.4, 0.5) is 11.5 Å². The molecule has 34 heavy (non-hydrogen) atoms. The number of amides is 1. The van der Waals surface area contributed by atoms with Crippen LogP contribution < -0.4 is 10.6 Å². The van der Waals surface area contributed by atoms with Gasteiger partial charge in [-0.15, -0.1) is 0 Å². The summed E-state index contributed by atoms with van der Waals surface area (Å²) in [4.78, 5) is 19.1. The van der Waals surface area contributed by atoms with Gasteiger partial charge in [0.2, 0.25) is 5.91 Å². The van der Waals surface area contributed by atoms with E-state index in [0.29, 0.717) is 23.1 Å². The number of rotatable bonds is 9. The third-order valence-corrected chi connectivity index (χ3v) is 6.15. The molecule has 0 atom stereocenters. The van der Waals surface area contributed by atoms with Crippen LogP contribution in [0.3, 0.4) is 0 Å². The molecule has 0 unspecified atom stereocenters. The summed E-state index contributed by atoms with van der Waals surface area (Å²) in [5, 5.41) is 11.9. The second kappa shape index (κ2) is 10.9. The van der Waals surface area contributed by atoms with Crippen molar-refractivity contribution in [3.63, 3.8) is 0 Å². The Kier molecular flexibility index (Phi) is 7.67. The van der Waals surface area contributed by atoms with Gasteiger partial charge in [-0.2, -0.15) is 9.61 Å². The first-order chi connectivity index (χ1) is 16.5. The van der Waals surface area contributed by atoms with E-state index in [1.165, 1.54) is 0 Å². The first-order valence-electron chi connectivity index (χ1n) is 11.1. The minimum absolute atomic E-state index is 0.0254. The highest BCUT2D eigenvalue weighted by molar-refractivity contribution is 6.35. The van der Waals surface area contributed by atoms with E-state index in [9.17, 15) is 4.79 Å². The van der Waals surface area contributed by atoms with Gasteiger partial charge in [0.25, 0.3) is 0 Å². The van der Waals surface area contributed by atoms with Gasteiger partial charge in [-0.1, -0.05) is 55.2 Å². The molecule has 0 aliphatic rings. The Morgan fingerprint density at radius 1 is 1.03 bits per heavy atom. The van der Waals surface area contributed by atoms with Gasteiger partial charge in [0.1, 0.15) is 5.82 Å². The van der Waals surface area contributed by atoms with Gasteiger partial charge in [-0.05, 0) is 42.9 Å². The molecule has 0 bridgehead atoms. The maximum Gasteiger partial charge on any atom is 0.238 e. The molecule has 0 aliphatic carbocycles. The highest BCUT2D eigenvalue weighted by atomic mass is 35.5. The lowest BCUT2D eigenvalue weighted by atomic mass is 10.1. The van der Waals surface area contributed by atoms with Crippen molar-refractivity contribution < 1.29 is 4.79 Å². The largest absolute Gasteiger partial charge is 0.366 e. The third kappa shape index (κ3) is 5.67. The van der Waals surface area contributed by atoms with Crippen molar-refractivity contribution in [1.82, 2.24) is 19.5 Å². The third-order valence-electron chi connectivity index (χ3n) is 5.56. The number of nitrogens with zero attached hydrogens (tertiary/aromatic N) is 4. The molecule has 0 radical (unpaired) electrons. The predicted octanol–water partition coefficient (Wildman–Crippen LogP) is 5.60. The summed E-state index contributed by atoms with van der Waals surface area (Å²) in [6.45, 7) is 6.65. The van der Waals surface area contributed by atoms with Crippen molar-refractivity contribution in [2.75, 3.05) is 30.3 Å². The van der Waals surface area contributed by atoms with Crippen LogP contribution in [-0.2, 0) is 11.3 Å². The van der Waals surface area contributed by atoms with Crippen molar-refractivity contribution >= 4 is 46.3 Å². The lowest BCUT2D eigenvalue weighted by Crippen LogP contribution is -2.32. The monoisotopic (exact) mass is 496 g/mol. The van der Waals surface area contributed by atoms with Crippen LogP contribution in [0.25, 0.3) is 16.9 Å². The van der Waals surface area contributed by atoms with E-state index in [0.717, 1.165) is 47.1 Å². The molecule has 2 aromatic heterocycles. The van der Waals surface area contributed by atoms with Crippen molar-refractivity contribution in [2.45, 2.75) is 20.4 Å². The zero-order valence-corrected chi connectivity index (χ0v) is 20.6. The van der Waals surface area contributed by atoms with Crippen molar-refractivity contribution in [3.8, 4) is 11.3 Å². The fourth-order valence-electron chi connectivity index (χ4n) is 3.61. The average Bonchev–Trinajstić information content (AvgIpc) is 3.31. The summed E-state index contributed by atoms with van der Waals surface area (Å²) >= 11 is 12.3. The van der Waals surface area contributed by atoms with Crippen molar-refractivity contribution in [3.05, 3.63) is 76.4 Å². The Morgan fingerprint density at radius 3 is 2.50 bits per heavy atom. The summed E-state index contributed by atoms with van der Waals surface area (Å²) in [6, 6.07) is 16.9. The molecular weight excluding hydrogens is 471 g/mol. The number of nitrogens with one attached hydrogen (secondary N) is 2. The predicted molar refractivity (Wildman–Crippen MR) is 139 cm³/mol. The Hall–Kier alpha value is -3.13. The molecule has 0 fully saturated rings. The molecule has 4 aromatic rings. The first kappa shape index (κ1) is 24.0. The summed E-state index contributed by atoms with van der Waals surface area (Å²) in [5.74, 6) is 0.759. The van der Waals surface area contributed by atoms with Crippen molar-refractivity contribution in [1.29, 1.82) is 0 Å². The van der Waals surface area contributed by atoms with Crippen LogP contribution in [-0.4, -0.2) is 45.0 Å². The minimum atomic E-state index is -0.0254. The molecule has 2 N–H and O–H groups in total. The van der Waals surface area contributed by atoms with E-state index in [1.54, 1.807) is 16.8 Å². The van der Waals surface area contributed by atoms with Gasteiger partial charge < -0.3 is 10.6 Å². The van der Waals surface area contributed by atoms with Crippen LogP contribution >= 0.6 is 23.2 Å². The van der Waals surface area contributed by atoms with E-state index in [2.05, 4.69) is 20.6 Å². The fraction of sp³-hybridized carbons (Fsp3) is 0.240. The van der Waals surface area contributed by atoms with Crippen LogP contribution in [0.15, 0.2) is 60.8 Å². The topological polar surface area (TPSA) is 74.6 Å². The van der Waals surface area contributed by atoms with E-state index in [4.69, 9.17) is 28.2 Å². The van der Waals surface area contributed by atoms with E-state index >= 15 is 0 Å². The molecule has 0 saturated heterocycles. The van der Waals surface area contributed by atoms with Crippen LogP contribution in [0.5, 0.6) is 0 Å². The Balaban J connectivity index is 1.52. The van der Waals surface area contributed by atoms with Crippen LogP contribution in [0, 0.1) is 0 Å². The smallest absolute Gasteiger partial charge is 0.238 e. The lowest BCUT2D eigenvalue weighted by Gasteiger charge is -2.17. The number of carbonyl (C=O) groups excluding carboxylic acids is 1. The lowest BCUT2D eigenvalue weighted by molar-refractivity contribution is -0.117. The summed E-state index contributed by atoms with van der Waals surface area (Å²) in [7, 11) is 0. The molecule has 0 aliphatic heterocycles. The number of aromatic nitrogens is 3. The van der Waals surface area contributed by atoms with E-state index in [1.807, 2.05) is 62.4 Å². The van der Waals surface area contributed by atoms with E-state index < -0.39 is 0 Å². The van der Waals surface area contributed by atoms with Gasteiger partial charge in [-0.25, -0.2) is 4.98 Å². The van der Waals surface area contributed by atoms with Crippen LogP contribution in [0.2, 0.25) is 10.0 Å². The van der Waals surface area contributed by atoms with E-state index in [-0.39, 0.29) is 5.91 Å². The molecule has 7 nitrogen and oxygen atoms in total. The number of fused-ring (bicyclic) bond motifs is 1. The molecule has 1 amide bonds. The molecule has 176 valence electrons. The minimum Gasteiger partial charge on any atom is -0.366 e. The van der Waals surface area contributed by atoms with Gasteiger partial charge in [0.15, 0.2) is 5.65 Å². The molecule has 2 aromatic carbocycles. The molecule has 2 heterocycles. The quantitative estimate of drug-likeness (QED) is 0.315. The number of benzene rings is 2. The summed E-state index contributed by atoms with van der Waals surface area (Å²) in [6.07, 6.45) is 1.71. The average molecular weight is 497 g/mol. The standard InChI is InChI=1S/C25H26Cl2N6O/c1-3-32(4-2)16-25(34)30-20-9-6-17(7-10-20)22-14-24(33-23(31-22)11-12-29-33)28-15-18-5-8-19(26)13-21(18)27/h5-14,28H,3-4,15-16H2,1-2H3,(H,30,34). The first-order valence-corrected chi connectivity index (χ1v) is 11.9. The highest BCUT2D eigenvalue weighted by Crippen LogP contribution is 2.26. The molecule has 4 rings (SSSR count). The second-order valence-corrected chi connectivity index (χ2v) is 8.65. The molecule has 0 saturated carbocycles. The Morgan fingerprint density at radius 2 is 1.79 bits per heavy atom. The molecular formula is C25H26Cl2N6O. The fourth-order valence-corrected chi connectivity index (χ4v) is 4.09. The van der Waals surface area contributed by atoms with Crippen molar-refractivity contribution in [2.24, 2.45) is 0 Å². The Bertz CT molecular complexity index is 1280. The normalized spacial score (nSPS) is 11.2. The highest BCUT2D eigenvalue weighted by Gasteiger charge is 2.11. The molecule has 0 spiro atoms. The number of carbonyl (C=O) groups is 1. The maximum absolute atomic E-state index is 12.3. The zero-order valence-electron chi connectivity index (χ0n) is 19.1. The Labute approximate surface area is 208 Å². The van der Waals surface area contributed by atoms with Crippen LogP contribution in [0.1, 0.15) is 19.4 Å². The number of likely N-dealkylation sites (N-methyl/N-ethyl adjacent to an activating group) is 1. The maximum atomic E-state index is 12.3. The number of hydrogen-bond acceptors (Lipinski definition) is 5. The summed E-state index contributed by atoms with van der Waals surface area (Å²) < 4.78 is 1.75. The number of anilines is 2. The van der Waals surface area contributed by atoms with Gasteiger partial charge >= 0.3 is 0 Å². The summed E-state index contributed by atoms with van der Waals surface area (Å²) in [5.41, 5.74) is 4.12. The van der Waals surface area contributed by atoms with Gasteiger partial charge in [-0.3, -0.25) is 9.69 Å². The van der Waals surface area contributed by atoms with Gasteiger partial charge in [0.05, 0.1) is 18.4 Å². The number of hydrogen-bond donors (Lipinski definition) is 2. The molecule has 9 heteroatoms. The number of halogens is 2. The second-order valence-electron chi connectivity index (χ2n) is 7.80. The van der Waals surface area contributed by atoms with Gasteiger partial charge in [0, 0.05) is 40.0 Å². The SMILES string of the molecule is CCN(CC)CC(=O)Nc1ccc(-c2cc(NCc3ccc(Cl)cc3Cl)n3nccc3n2)cc1. The zero-order chi connectivity index (χ0) is 24.1.